The fourth-order valence-corrected chi connectivity index (χ4v) is 3.94. The number of hydroxylamine groups is 2. The Morgan fingerprint density at radius 2 is 1.72 bits per heavy atom. The van der Waals surface area contributed by atoms with Crippen LogP contribution in [0.15, 0.2) is 48.5 Å². The van der Waals surface area contributed by atoms with Crippen molar-refractivity contribution in [3.05, 3.63) is 59.7 Å². The van der Waals surface area contributed by atoms with Crippen LogP contribution in [0.1, 0.15) is 24.1 Å². The fraction of sp³-hybridized carbons (Fsp3) is 0.286. The first-order valence-electron chi connectivity index (χ1n) is 9.38. The number of carbonyl (C=O) groups excluding carboxylic acids is 3. The third-order valence-corrected chi connectivity index (χ3v) is 5.34. The number of fused-ring (bicyclic) bond motifs is 1. The van der Waals surface area contributed by atoms with Crippen molar-refractivity contribution in [3.63, 3.8) is 0 Å². The van der Waals surface area contributed by atoms with Crippen LogP contribution >= 0.6 is 0 Å². The molecule has 2 fully saturated rings. The van der Waals surface area contributed by atoms with Crippen molar-refractivity contribution in [1.82, 2.24) is 5.06 Å². The molecular weight excluding hydrogens is 374 g/mol. The van der Waals surface area contributed by atoms with Crippen LogP contribution in [0.4, 0.5) is 5.69 Å². The number of hydrogen-bond donors (Lipinski definition) is 2. The molecule has 0 saturated carbocycles. The van der Waals surface area contributed by atoms with Gasteiger partial charge in [-0.1, -0.05) is 31.2 Å². The number of carbonyl (C=O) groups is 3. The minimum atomic E-state index is -1.04. The summed E-state index contributed by atoms with van der Waals surface area (Å²) in [7, 11) is 0. The lowest BCUT2D eigenvalue weighted by Gasteiger charge is -2.26. The molecule has 0 aliphatic carbocycles. The van der Waals surface area contributed by atoms with Gasteiger partial charge in [0.25, 0.3) is 5.91 Å². The molecule has 29 heavy (non-hydrogen) atoms. The zero-order chi connectivity index (χ0) is 20.7. The molecule has 2 aromatic rings. The lowest BCUT2D eigenvalue weighted by atomic mass is 9.91. The number of aromatic hydroxyl groups is 1. The van der Waals surface area contributed by atoms with Gasteiger partial charge in [0.2, 0.25) is 11.8 Å². The molecule has 2 heterocycles. The Kier molecular flexibility index (Phi) is 4.81. The number of amides is 3. The van der Waals surface area contributed by atoms with Crippen LogP contribution in [-0.2, 0) is 25.6 Å². The molecule has 2 aromatic carbocycles. The van der Waals surface area contributed by atoms with Crippen molar-refractivity contribution < 1.29 is 24.3 Å². The minimum absolute atomic E-state index is 0.0668. The number of benzene rings is 2. The number of nitrogens with two attached hydrogens (primary N) is 1. The number of imide groups is 1. The predicted molar refractivity (Wildman–Crippen MR) is 103 cm³/mol. The second-order valence-corrected chi connectivity index (χ2v) is 7.16. The van der Waals surface area contributed by atoms with Crippen LogP contribution in [0.25, 0.3) is 0 Å². The van der Waals surface area contributed by atoms with Crippen molar-refractivity contribution in [3.8, 4) is 5.75 Å². The van der Waals surface area contributed by atoms with E-state index < -0.39 is 35.8 Å². The Labute approximate surface area is 167 Å². The van der Waals surface area contributed by atoms with E-state index in [0.29, 0.717) is 11.3 Å². The summed E-state index contributed by atoms with van der Waals surface area (Å²) in [4.78, 5) is 44.6. The van der Waals surface area contributed by atoms with Gasteiger partial charge in [0, 0.05) is 0 Å². The smallest absolute Gasteiger partial charge is 0.265 e. The van der Waals surface area contributed by atoms with E-state index in [-0.39, 0.29) is 12.3 Å². The van der Waals surface area contributed by atoms with Gasteiger partial charge >= 0.3 is 0 Å². The molecule has 2 aliphatic rings. The number of primary amides is 1. The highest BCUT2D eigenvalue weighted by atomic mass is 16.7. The monoisotopic (exact) mass is 395 g/mol. The van der Waals surface area contributed by atoms with Gasteiger partial charge in [0.05, 0.1) is 17.6 Å². The van der Waals surface area contributed by atoms with Gasteiger partial charge in [0.15, 0.2) is 6.10 Å². The van der Waals surface area contributed by atoms with Gasteiger partial charge in [-0.05, 0) is 41.8 Å². The molecule has 0 bridgehead atoms. The van der Waals surface area contributed by atoms with Gasteiger partial charge in [-0.25, -0.2) is 4.90 Å². The van der Waals surface area contributed by atoms with Crippen molar-refractivity contribution in [2.75, 3.05) is 11.4 Å². The molecule has 8 nitrogen and oxygen atoms in total. The lowest BCUT2D eigenvalue weighted by Crippen LogP contribution is -2.40. The number of anilines is 1. The summed E-state index contributed by atoms with van der Waals surface area (Å²) in [5, 5.41) is 10.9. The summed E-state index contributed by atoms with van der Waals surface area (Å²) in [6, 6.07) is 12.8. The molecule has 4 rings (SSSR count). The Morgan fingerprint density at radius 3 is 2.31 bits per heavy atom. The Hall–Kier alpha value is -3.23. The highest BCUT2D eigenvalue weighted by Gasteiger charge is 2.60. The summed E-state index contributed by atoms with van der Waals surface area (Å²) >= 11 is 0. The molecular formula is C21H21N3O5. The van der Waals surface area contributed by atoms with Crippen LogP contribution < -0.4 is 10.6 Å². The Bertz CT molecular complexity index is 957. The van der Waals surface area contributed by atoms with Crippen LogP contribution in [0.5, 0.6) is 5.75 Å². The molecule has 3 amide bonds. The molecule has 3 unspecified atom stereocenters. The maximum atomic E-state index is 13.3. The molecule has 0 radical (unpaired) electrons. The van der Waals surface area contributed by atoms with Crippen LogP contribution in [0.3, 0.4) is 0 Å². The van der Waals surface area contributed by atoms with Gasteiger partial charge < -0.3 is 10.8 Å². The third-order valence-electron chi connectivity index (χ3n) is 5.34. The number of aryl methyl sites for hydroxylation is 1. The SMILES string of the molecule is CCc1ccc(N2C(=O)C3ON(CC(N)=O)C(c4ccc(O)cc4)C3C2=O)cc1. The van der Waals surface area contributed by atoms with E-state index in [1.165, 1.54) is 17.2 Å². The van der Waals surface area contributed by atoms with Crippen molar-refractivity contribution in [2.45, 2.75) is 25.5 Å². The highest BCUT2D eigenvalue weighted by molar-refractivity contribution is 6.23. The average Bonchev–Trinajstić information content (AvgIpc) is 3.18. The average molecular weight is 395 g/mol. The zero-order valence-electron chi connectivity index (χ0n) is 15.8. The van der Waals surface area contributed by atoms with Crippen molar-refractivity contribution in [1.29, 1.82) is 0 Å². The second kappa shape index (κ2) is 7.31. The lowest BCUT2D eigenvalue weighted by molar-refractivity contribution is -0.175. The molecule has 3 atom stereocenters. The van der Waals surface area contributed by atoms with Crippen molar-refractivity contribution in [2.24, 2.45) is 11.7 Å². The van der Waals surface area contributed by atoms with Gasteiger partial charge in [-0.2, -0.15) is 5.06 Å². The van der Waals surface area contributed by atoms with Crippen LogP contribution in [0, 0.1) is 5.92 Å². The molecule has 0 aromatic heterocycles. The normalized spacial score (nSPS) is 24.2. The van der Waals surface area contributed by atoms with Crippen LogP contribution in [-0.4, -0.2) is 40.5 Å². The second-order valence-electron chi connectivity index (χ2n) is 7.16. The number of hydrogen-bond acceptors (Lipinski definition) is 6. The molecule has 2 saturated heterocycles. The summed E-state index contributed by atoms with van der Waals surface area (Å²) in [5.41, 5.74) is 7.54. The maximum absolute atomic E-state index is 13.3. The largest absolute Gasteiger partial charge is 0.508 e. The zero-order valence-corrected chi connectivity index (χ0v) is 15.8. The highest BCUT2D eigenvalue weighted by Crippen LogP contribution is 2.45. The van der Waals surface area contributed by atoms with E-state index in [2.05, 4.69) is 0 Å². The summed E-state index contributed by atoms with van der Waals surface area (Å²) in [5.74, 6) is -2.26. The first-order valence-corrected chi connectivity index (χ1v) is 9.38. The third kappa shape index (κ3) is 3.26. The number of phenols is 1. The van der Waals surface area contributed by atoms with Gasteiger partial charge in [-0.15, -0.1) is 0 Å². The first kappa shape index (κ1) is 19.1. The number of rotatable bonds is 5. The van der Waals surface area contributed by atoms with Gasteiger partial charge in [0.1, 0.15) is 12.3 Å². The van der Waals surface area contributed by atoms with Gasteiger partial charge in [-0.3, -0.25) is 19.2 Å². The molecule has 8 heteroatoms. The fourth-order valence-electron chi connectivity index (χ4n) is 3.94. The quantitative estimate of drug-likeness (QED) is 0.738. The van der Waals surface area contributed by atoms with E-state index >= 15 is 0 Å². The minimum Gasteiger partial charge on any atom is -0.508 e. The standard InChI is InChI=1S/C21H21N3O5/c1-2-12-3-7-14(8-4-12)24-20(27)17-18(13-5-9-15(25)10-6-13)23(11-16(22)26)29-19(17)21(24)28/h3-10,17-19,25H,2,11H2,1H3,(H2,22,26). The van der Waals surface area contributed by atoms with E-state index in [9.17, 15) is 19.5 Å². The van der Waals surface area contributed by atoms with E-state index in [0.717, 1.165) is 16.9 Å². The number of phenolic OH excluding ortho intramolecular Hbond substituents is 1. The molecule has 3 N–H and O–H groups in total. The van der Waals surface area contributed by atoms with Crippen molar-refractivity contribution >= 4 is 23.4 Å². The summed E-state index contributed by atoms with van der Waals surface area (Å²) in [6.45, 7) is 1.76. The predicted octanol–water partition coefficient (Wildman–Crippen LogP) is 1.29. The topological polar surface area (TPSA) is 113 Å². The van der Waals surface area contributed by atoms with E-state index in [4.69, 9.17) is 10.6 Å². The Morgan fingerprint density at radius 1 is 1.07 bits per heavy atom. The van der Waals surface area contributed by atoms with E-state index in [1.807, 2.05) is 19.1 Å². The molecule has 2 aliphatic heterocycles. The van der Waals surface area contributed by atoms with E-state index in [1.54, 1.807) is 24.3 Å². The maximum Gasteiger partial charge on any atom is 0.265 e. The summed E-state index contributed by atoms with van der Waals surface area (Å²) in [6.07, 6.45) is -0.187. The Balaban J connectivity index is 1.70. The molecule has 150 valence electrons. The number of nitrogens with zero attached hydrogens (tertiary/aromatic N) is 2. The van der Waals surface area contributed by atoms with Crippen LogP contribution in [0.2, 0.25) is 0 Å². The first-order chi connectivity index (χ1) is 13.9. The summed E-state index contributed by atoms with van der Waals surface area (Å²) < 4.78 is 0. The molecule has 0 spiro atoms.